The largest absolute Gasteiger partial charge is 0.497 e. The van der Waals surface area contributed by atoms with E-state index in [1.54, 1.807) is 7.11 Å². The molecular weight excluding hydrogens is 316 g/mol. The molecule has 0 spiro atoms. The number of carbonyl (C=O) groups excluding carboxylic acids is 1. The average molecular weight is 336 g/mol. The molecule has 1 aromatic heterocycles. The Morgan fingerprint density at radius 1 is 1.12 bits per heavy atom. The van der Waals surface area contributed by atoms with Gasteiger partial charge in [0, 0.05) is 29.6 Å². The Kier molecular flexibility index (Phi) is 4.84. The van der Waals surface area contributed by atoms with Crippen molar-refractivity contribution in [1.82, 2.24) is 4.98 Å². The minimum Gasteiger partial charge on any atom is -0.497 e. The van der Waals surface area contributed by atoms with Crippen LogP contribution in [0, 0.1) is 0 Å². The van der Waals surface area contributed by atoms with E-state index in [0.717, 1.165) is 39.3 Å². The monoisotopic (exact) mass is 336 g/mol. The lowest BCUT2D eigenvalue weighted by Crippen LogP contribution is -2.05. The molecule has 1 heterocycles. The molecule has 0 aliphatic rings. The van der Waals surface area contributed by atoms with E-state index < -0.39 is 0 Å². The van der Waals surface area contributed by atoms with Crippen LogP contribution in [-0.4, -0.2) is 24.6 Å². The van der Waals surface area contributed by atoms with Gasteiger partial charge in [-0.3, -0.25) is 4.79 Å². The summed E-state index contributed by atoms with van der Waals surface area (Å²) in [5.74, 6) is 1.43. The first-order valence-electron chi connectivity index (χ1n) is 8.10. The molecule has 128 valence electrons. The number of hydrogen-bond acceptors (Lipinski definition) is 4. The fourth-order valence-corrected chi connectivity index (χ4v) is 2.66. The summed E-state index contributed by atoms with van der Waals surface area (Å²) in [7, 11) is 1.64. The van der Waals surface area contributed by atoms with Gasteiger partial charge >= 0.3 is 0 Å². The van der Waals surface area contributed by atoms with Gasteiger partial charge in [-0.25, -0.2) is 4.98 Å². The van der Waals surface area contributed by atoms with Gasteiger partial charge in [0.2, 0.25) is 5.91 Å². The van der Waals surface area contributed by atoms with Crippen LogP contribution in [0.1, 0.15) is 13.8 Å². The van der Waals surface area contributed by atoms with E-state index in [1.165, 1.54) is 6.92 Å². The van der Waals surface area contributed by atoms with Crippen molar-refractivity contribution in [1.29, 1.82) is 0 Å². The van der Waals surface area contributed by atoms with E-state index in [-0.39, 0.29) is 5.91 Å². The topological polar surface area (TPSA) is 60.5 Å². The molecule has 0 aliphatic heterocycles. The Bertz CT molecular complexity index is 905. The van der Waals surface area contributed by atoms with E-state index >= 15 is 0 Å². The fraction of sp³-hybridized carbons (Fsp3) is 0.200. The molecule has 0 saturated carbocycles. The highest BCUT2D eigenvalue weighted by Crippen LogP contribution is 2.32. The van der Waals surface area contributed by atoms with E-state index in [0.29, 0.717) is 6.61 Å². The molecular formula is C20H20N2O3. The zero-order chi connectivity index (χ0) is 17.8. The molecule has 5 heteroatoms. The number of carbonyl (C=O) groups is 1. The number of nitrogens with zero attached hydrogens (tertiary/aromatic N) is 1. The van der Waals surface area contributed by atoms with Gasteiger partial charge in [0.25, 0.3) is 0 Å². The van der Waals surface area contributed by atoms with Crippen molar-refractivity contribution >= 4 is 22.5 Å². The maximum absolute atomic E-state index is 11.3. The third-order valence-corrected chi connectivity index (χ3v) is 3.78. The van der Waals surface area contributed by atoms with E-state index in [4.69, 9.17) is 14.5 Å². The summed E-state index contributed by atoms with van der Waals surface area (Å²) in [5.41, 5.74) is 3.34. The van der Waals surface area contributed by atoms with Crippen molar-refractivity contribution in [2.24, 2.45) is 0 Å². The van der Waals surface area contributed by atoms with Crippen molar-refractivity contribution in [3.63, 3.8) is 0 Å². The van der Waals surface area contributed by atoms with Gasteiger partial charge in [-0.05, 0) is 49.4 Å². The van der Waals surface area contributed by atoms with Gasteiger partial charge < -0.3 is 14.8 Å². The van der Waals surface area contributed by atoms with Crippen LogP contribution in [0.25, 0.3) is 22.2 Å². The smallest absolute Gasteiger partial charge is 0.221 e. The molecule has 0 radical (unpaired) electrons. The highest BCUT2D eigenvalue weighted by molar-refractivity contribution is 5.95. The number of benzene rings is 2. The van der Waals surface area contributed by atoms with Crippen LogP contribution in [0.3, 0.4) is 0 Å². The quantitative estimate of drug-likeness (QED) is 0.756. The standard InChI is InChI=1S/C20H20N2O3/c1-4-25-20-12-19(14-5-8-16(24-3)9-6-14)22-18-10-7-15(11-17(18)20)21-13(2)23/h5-12H,4H2,1-3H3,(H,21,23). The SMILES string of the molecule is CCOc1cc(-c2ccc(OC)cc2)nc2ccc(NC(C)=O)cc12. The van der Waals surface area contributed by atoms with Crippen LogP contribution < -0.4 is 14.8 Å². The van der Waals surface area contributed by atoms with Crippen molar-refractivity contribution in [3.8, 4) is 22.8 Å². The van der Waals surface area contributed by atoms with Crippen molar-refractivity contribution < 1.29 is 14.3 Å². The number of ether oxygens (including phenoxy) is 2. The predicted octanol–water partition coefficient (Wildman–Crippen LogP) is 4.27. The number of anilines is 1. The van der Waals surface area contributed by atoms with Crippen LogP contribution in [0.2, 0.25) is 0 Å². The molecule has 3 aromatic rings. The van der Waals surface area contributed by atoms with Gasteiger partial charge in [0.1, 0.15) is 11.5 Å². The summed E-state index contributed by atoms with van der Waals surface area (Å²) in [6, 6.07) is 15.3. The van der Waals surface area contributed by atoms with Gasteiger partial charge in [-0.15, -0.1) is 0 Å². The summed E-state index contributed by atoms with van der Waals surface area (Å²) < 4.78 is 11.0. The molecule has 0 saturated heterocycles. The number of pyridine rings is 1. The molecule has 0 unspecified atom stereocenters. The van der Waals surface area contributed by atoms with E-state index in [2.05, 4.69) is 5.32 Å². The lowest BCUT2D eigenvalue weighted by atomic mass is 10.1. The van der Waals surface area contributed by atoms with Crippen molar-refractivity contribution in [2.75, 3.05) is 19.0 Å². The molecule has 0 bridgehead atoms. The summed E-state index contributed by atoms with van der Waals surface area (Å²) >= 11 is 0. The lowest BCUT2D eigenvalue weighted by Gasteiger charge is -2.12. The highest BCUT2D eigenvalue weighted by atomic mass is 16.5. The van der Waals surface area contributed by atoms with Gasteiger partial charge in [-0.1, -0.05) is 0 Å². The molecule has 2 aromatic carbocycles. The molecule has 1 N–H and O–H groups in total. The molecule has 1 amide bonds. The van der Waals surface area contributed by atoms with Gasteiger partial charge in [0.15, 0.2) is 0 Å². The zero-order valence-electron chi connectivity index (χ0n) is 14.5. The lowest BCUT2D eigenvalue weighted by molar-refractivity contribution is -0.114. The molecule has 25 heavy (non-hydrogen) atoms. The molecule has 0 atom stereocenters. The number of hydrogen-bond donors (Lipinski definition) is 1. The van der Waals surface area contributed by atoms with Crippen molar-refractivity contribution in [2.45, 2.75) is 13.8 Å². The zero-order valence-corrected chi connectivity index (χ0v) is 14.5. The van der Waals surface area contributed by atoms with Gasteiger partial charge in [0.05, 0.1) is 24.9 Å². The number of nitrogens with one attached hydrogen (secondary N) is 1. The highest BCUT2D eigenvalue weighted by Gasteiger charge is 2.10. The summed E-state index contributed by atoms with van der Waals surface area (Å²) in [6.45, 7) is 3.97. The maximum atomic E-state index is 11.3. The molecule has 5 nitrogen and oxygen atoms in total. The number of aromatic nitrogens is 1. The summed E-state index contributed by atoms with van der Waals surface area (Å²) in [6.07, 6.45) is 0. The third-order valence-electron chi connectivity index (χ3n) is 3.78. The van der Waals surface area contributed by atoms with Crippen LogP contribution in [0.4, 0.5) is 5.69 Å². The van der Waals surface area contributed by atoms with E-state index in [9.17, 15) is 4.79 Å². The first kappa shape index (κ1) is 16.8. The summed E-state index contributed by atoms with van der Waals surface area (Å²) in [5, 5.41) is 3.66. The first-order chi connectivity index (χ1) is 12.1. The fourth-order valence-electron chi connectivity index (χ4n) is 2.66. The minimum absolute atomic E-state index is 0.111. The van der Waals surface area contributed by atoms with Crippen LogP contribution in [-0.2, 0) is 4.79 Å². The molecule has 3 rings (SSSR count). The summed E-state index contributed by atoms with van der Waals surface area (Å²) in [4.78, 5) is 16.0. The molecule has 0 fully saturated rings. The third kappa shape index (κ3) is 3.71. The van der Waals surface area contributed by atoms with Crippen LogP contribution in [0.5, 0.6) is 11.5 Å². The van der Waals surface area contributed by atoms with Crippen molar-refractivity contribution in [3.05, 3.63) is 48.5 Å². The average Bonchev–Trinajstić information content (AvgIpc) is 2.61. The number of rotatable bonds is 5. The Morgan fingerprint density at radius 2 is 1.88 bits per heavy atom. The predicted molar refractivity (Wildman–Crippen MR) is 99.2 cm³/mol. The minimum atomic E-state index is -0.111. The van der Waals surface area contributed by atoms with Crippen LogP contribution in [0.15, 0.2) is 48.5 Å². The maximum Gasteiger partial charge on any atom is 0.221 e. The van der Waals surface area contributed by atoms with E-state index in [1.807, 2.05) is 55.5 Å². The number of methoxy groups -OCH3 is 1. The second-order valence-corrected chi connectivity index (χ2v) is 5.58. The Morgan fingerprint density at radius 3 is 2.52 bits per heavy atom. The Hall–Kier alpha value is -3.08. The van der Waals surface area contributed by atoms with Gasteiger partial charge in [-0.2, -0.15) is 0 Å². The Labute approximate surface area is 146 Å². The Balaban J connectivity index is 2.10. The van der Waals surface area contributed by atoms with Crippen LogP contribution >= 0.6 is 0 Å². The first-order valence-corrected chi connectivity index (χ1v) is 8.10. The normalized spacial score (nSPS) is 10.5. The second-order valence-electron chi connectivity index (χ2n) is 5.58. The number of fused-ring (bicyclic) bond motifs is 1. The second kappa shape index (κ2) is 7.21. The molecule has 0 aliphatic carbocycles. The number of amides is 1.